The summed E-state index contributed by atoms with van der Waals surface area (Å²) >= 11 is 1.80. The van der Waals surface area contributed by atoms with Crippen LogP contribution in [0, 0.1) is 0 Å². The van der Waals surface area contributed by atoms with E-state index in [1.165, 1.54) is 12.8 Å². The molecule has 5 rings (SSSR count). The number of anilines is 1. The van der Waals surface area contributed by atoms with Gasteiger partial charge in [-0.2, -0.15) is 0 Å². The Kier molecular flexibility index (Phi) is 4.22. The van der Waals surface area contributed by atoms with Crippen LogP contribution in [0.2, 0.25) is 0 Å². The van der Waals surface area contributed by atoms with E-state index in [0.29, 0.717) is 0 Å². The zero-order chi connectivity index (χ0) is 18.1. The van der Waals surface area contributed by atoms with Crippen LogP contribution in [-0.4, -0.2) is 20.2 Å². The molecule has 4 nitrogen and oxygen atoms in total. The number of rotatable bonds is 5. The van der Waals surface area contributed by atoms with Gasteiger partial charge in [-0.3, -0.25) is 15.0 Å². The molecule has 3 aromatic heterocycles. The Hall–Kier alpha value is -2.92. The summed E-state index contributed by atoms with van der Waals surface area (Å²) in [5.74, 6) is 0. The number of hydrogen-bond donors (Lipinski definition) is 1. The van der Waals surface area contributed by atoms with E-state index in [0.717, 1.165) is 44.1 Å². The van der Waals surface area contributed by atoms with E-state index < -0.39 is 0 Å². The first-order chi connectivity index (χ1) is 13.4. The first kappa shape index (κ1) is 16.3. The predicted molar refractivity (Wildman–Crippen MR) is 112 cm³/mol. The van der Waals surface area contributed by atoms with Crippen LogP contribution in [-0.2, 0) is 0 Å². The average Bonchev–Trinajstić information content (AvgIpc) is 3.57. The van der Waals surface area contributed by atoms with Gasteiger partial charge in [0.1, 0.15) is 0 Å². The summed E-state index contributed by atoms with van der Waals surface area (Å²) in [6, 6.07) is 14.7. The van der Waals surface area contributed by atoms with Crippen LogP contribution in [0.5, 0.6) is 0 Å². The van der Waals surface area contributed by atoms with Gasteiger partial charge in [-0.1, -0.05) is 6.07 Å². The molecule has 1 saturated carbocycles. The van der Waals surface area contributed by atoms with Crippen LogP contribution in [0.1, 0.15) is 12.8 Å². The van der Waals surface area contributed by atoms with Crippen LogP contribution in [0.15, 0.2) is 73.4 Å². The molecule has 0 unspecified atom stereocenters. The molecule has 0 aliphatic heterocycles. The Bertz CT molecular complexity index is 1090. The van der Waals surface area contributed by atoms with Crippen molar-refractivity contribution in [2.45, 2.75) is 18.1 Å². The molecule has 0 atom stereocenters. The molecule has 3 heterocycles. The fourth-order valence-electron chi connectivity index (χ4n) is 3.10. The summed E-state index contributed by atoms with van der Waals surface area (Å²) in [6.07, 6.45) is 11.9. The van der Waals surface area contributed by atoms with Crippen LogP contribution in [0.3, 0.4) is 0 Å². The van der Waals surface area contributed by atoms with Gasteiger partial charge in [0.2, 0.25) is 0 Å². The maximum atomic E-state index is 4.53. The standard InChI is InChI=1S/C22H18N4S/c1-4-22-21(20(7-10-25-22)15-5-8-23-9-6-15)12-16(1)17-11-18(14-24-13-17)26-27-19-2-3-19/h1,4-14,19,26H,2-3H2. The topological polar surface area (TPSA) is 50.7 Å². The number of nitrogens with zero attached hydrogens (tertiary/aromatic N) is 3. The van der Waals surface area contributed by atoms with Crippen LogP contribution in [0.25, 0.3) is 33.2 Å². The smallest absolute Gasteiger partial charge is 0.0708 e. The van der Waals surface area contributed by atoms with Gasteiger partial charge in [-0.15, -0.1) is 0 Å². The molecule has 1 fully saturated rings. The van der Waals surface area contributed by atoms with Gasteiger partial charge in [0, 0.05) is 41.0 Å². The molecule has 0 radical (unpaired) electrons. The van der Waals surface area contributed by atoms with Gasteiger partial charge in [0.05, 0.1) is 17.4 Å². The lowest BCUT2D eigenvalue weighted by atomic mass is 9.98. The average molecular weight is 370 g/mol. The predicted octanol–water partition coefficient (Wildman–Crippen LogP) is 5.58. The number of aromatic nitrogens is 3. The third-order valence-electron chi connectivity index (χ3n) is 4.67. The minimum Gasteiger partial charge on any atom is -0.328 e. The summed E-state index contributed by atoms with van der Waals surface area (Å²) in [7, 11) is 0. The zero-order valence-electron chi connectivity index (χ0n) is 14.7. The van der Waals surface area contributed by atoms with Crippen LogP contribution < -0.4 is 4.72 Å². The Morgan fingerprint density at radius 1 is 0.815 bits per heavy atom. The van der Waals surface area contributed by atoms with Crippen molar-refractivity contribution >= 4 is 28.5 Å². The van der Waals surface area contributed by atoms with Gasteiger partial charge >= 0.3 is 0 Å². The van der Waals surface area contributed by atoms with Crippen molar-refractivity contribution in [2.75, 3.05) is 4.72 Å². The van der Waals surface area contributed by atoms with E-state index in [1.807, 2.05) is 43.1 Å². The first-order valence-corrected chi connectivity index (χ1v) is 9.91. The lowest BCUT2D eigenvalue weighted by molar-refractivity contribution is 1.33. The number of nitrogens with one attached hydrogen (secondary N) is 1. The Morgan fingerprint density at radius 2 is 1.70 bits per heavy atom. The monoisotopic (exact) mass is 370 g/mol. The summed E-state index contributed by atoms with van der Waals surface area (Å²) in [5, 5.41) is 1.88. The van der Waals surface area contributed by atoms with Gasteiger partial charge in [-0.25, -0.2) is 0 Å². The first-order valence-electron chi connectivity index (χ1n) is 9.03. The van der Waals surface area contributed by atoms with E-state index in [-0.39, 0.29) is 0 Å². The van der Waals surface area contributed by atoms with Crippen molar-refractivity contribution in [2.24, 2.45) is 0 Å². The SMILES string of the molecule is c1cc(-c2ccnc3ccc(-c4cncc(NSC5CC5)c4)cc23)ccn1. The molecule has 27 heavy (non-hydrogen) atoms. The Labute approximate surface area is 162 Å². The van der Waals surface area contributed by atoms with Crippen molar-refractivity contribution in [1.82, 2.24) is 15.0 Å². The van der Waals surface area contributed by atoms with Gasteiger partial charge in [0.15, 0.2) is 0 Å². The van der Waals surface area contributed by atoms with E-state index in [1.54, 1.807) is 11.9 Å². The minimum atomic E-state index is 0.753. The van der Waals surface area contributed by atoms with Crippen molar-refractivity contribution in [3.8, 4) is 22.3 Å². The second-order valence-corrected chi connectivity index (χ2v) is 7.81. The Balaban J connectivity index is 1.55. The molecule has 0 saturated heterocycles. The second-order valence-electron chi connectivity index (χ2n) is 6.71. The largest absolute Gasteiger partial charge is 0.328 e. The number of hydrogen-bond acceptors (Lipinski definition) is 5. The van der Waals surface area contributed by atoms with E-state index >= 15 is 0 Å². The van der Waals surface area contributed by atoms with E-state index in [4.69, 9.17) is 0 Å². The lowest BCUT2D eigenvalue weighted by Crippen LogP contribution is -1.91. The molecule has 5 heteroatoms. The Morgan fingerprint density at radius 3 is 2.56 bits per heavy atom. The fraction of sp³-hybridized carbons (Fsp3) is 0.136. The number of benzene rings is 1. The maximum absolute atomic E-state index is 4.53. The molecular formula is C22H18N4S. The lowest BCUT2D eigenvalue weighted by Gasteiger charge is -2.10. The molecule has 4 aromatic rings. The summed E-state index contributed by atoms with van der Waals surface area (Å²) in [4.78, 5) is 13.1. The molecule has 1 N–H and O–H groups in total. The molecule has 0 bridgehead atoms. The highest BCUT2D eigenvalue weighted by Gasteiger charge is 2.22. The third-order valence-corrected chi connectivity index (χ3v) is 5.83. The van der Waals surface area contributed by atoms with Crippen molar-refractivity contribution in [3.05, 3.63) is 73.4 Å². The molecule has 1 aromatic carbocycles. The fourth-order valence-corrected chi connectivity index (χ4v) is 3.89. The van der Waals surface area contributed by atoms with Crippen molar-refractivity contribution in [3.63, 3.8) is 0 Å². The molecule has 1 aliphatic carbocycles. The third kappa shape index (κ3) is 3.51. The van der Waals surface area contributed by atoms with Gasteiger partial charge in [0.25, 0.3) is 0 Å². The quantitative estimate of drug-likeness (QED) is 0.465. The maximum Gasteiger partial charge on any atom is 0.0708 e. The normalized spacial score (nSPS) is 13.6. The van der Waals surface area contributed by atoms with E-state index in [9.17, 15) is 0 Å². The van der Waals surface area contributed by atoms with Gasteiger partial charge in [-0.05, 0) is 77.9 Å². The van der Waals surface area contributed by atoms with Crippen molar-refractivity contribution in [1.29, 1.82) is 0 Å². The molecular weight excluding hydrogens is 352 g/mol. The molecule has 1 aliphatic rings. The molecule has 132 valence electrons. The van der Waals surface area contributed by atoms with Crippen molar-refractivity contribution < 1.29 is 0 Å². The van der Waals surface area contributed by atoms with E-state index in [2.05, 4.69) is 50.0 Å². The highest BCUT2D eigenvalue weighted by Crippen LogP contribution is 2.35. The molecule has 0 amide bonds. The number of fused-ring (bicyclic) bond motifs is 1. The minimum absolute atomic E-state index is 0.753. The molecule has 0 spiro atoms. The van der Waals surface area contributed by atoms with Gasteiger partial charge < -0.3 is 4.72 Å². The number of pyridine rings is 3. The van der Waals surface area contributed by atoms with Crippen LogP contribution >= 0.6 is 11.9 Å². The summed E-state index contributed by atoms with van der Waals surface area (Å²) < 4.78 is 3.43. The summed E-state index contributed by atoms with van der Waals surface area (Å²) in [6.45, 7) is 0. The summed E-state index contributed by atoms with van der Waals surface area (Å²) in [5.41, 5.74) is 6.57. The zero-order valence-corrected chi connectivity index (χ0v) is 15.5. The van der Waals surface area contributed by atoms with Crippen LogP contribution in [0.4, 0.5) is 5.69 Å². The second kappa shape index (κ2) is 7.00. The highest BCUT2D eigenvalue weighted by atomic mass is 32.2. The highest BCUT2D eigenvalue weighted by molar-refractivity contribution is 8.01.